The van der Waals surface area contributed by atoms with Crippen molar-refractivity contribution in [3.05, 3.63) is 59.3 Å². The topological polar surface area (TPSA) is 77.2 Å². The van der Waals surface area contributed by atoms with Crippen molar-refractivity contribution in [1.29, 1.82) is 0 Å². The van der Waals surface area contributed by atoms with Crippen LogP contribution in [-0.2, 0) is 11.3 Å². The number of amides is 1. The predicted molar refractivity (Wildman–Crippen MR) is 85.7 cm³/mol. The number of carbonyl (C=O) groups excluding carboxylic acids is 1. The van der Waals surface area contributed by atoms with E-state index >= 15 is 0 Å². The number of hydrogen-bond donors (Lipinski definition) is 2. The number of benzene rings is 1. The number of nitrogens with one attached hydrogen (secondary N) is 1. The van der Waals surface area contributed by atoms with E-state index in [1.165, 1.54) is 12.3 Å². The third-order valence-corrected chi connectivity index (χ3v) is 3.37. The second-order valence-electron chi connectivity index (χ2n) is 5.51. The lowest BCUT2D eigenvalue weighted by molar-refractivity contribution is -0.154. The summed E-state index contributed by atoms with van der Waals surface area (Å²) in [6, 6.07) is 9.33. The minimum atomic E-state index is -4.44. The van der Waals surface area contributed by atoms with Crippen LogP contribution in [0, 0.1) is 6.92 Å². The van der Waals surface area contributed by atoms with Crippen LogP contribution in [0.5, 0.6) is 5.88 Å². The standard InChI is InChI=1S/C17H18F3N3O2/c1-11-2-4-13(5-3-11)15(21)16(24)23-9-12-6-7-22-14(8-12)25-10-17(18,19)20/h2-8,15H,9-10,21H2,1H3,(H,23,24). The molecular formula is C17H18F3N3O2. The normalized spacial score (nSPS) is 12.5. The van der Waals surface area contributed by atoms with Crippen LogP contribution in [0.1, 0.15) is 22.7 Å². The Bertz CT molecular complexity index is 718. The fraction of sp³-hybridized carbons (Fsp3) is 0.294. The van der Waals surface area contributed by atoms with Crippen LogP contribution in [0.2, 0.25) is 0 Å². The molecule has 0 aliphatic carbocycles. The second kappa shape index (κ2) is 7.98. The van der Waals surface area contributed by atoms with E-state index in [4.69, 9.17) is 5.73 Å². The van der Waals surface area contributed by atoms with Gasteiger partial charge in [-0.1, -0.05) is 29.8 Å². The Kier molecular flexibility index (Phi) is 5.97. The summed E-state index contributed by atoms with van der Waals surface area (Å²) < 4.78 is 41.0. The van der Waals surface area contributed by atoms with Crippen LogP contribution in [0.15, 0.2) is 42.6 Å². The molecule has 1 amide bonds. The SMILES string of the molecule is Cc1ccc(C(N)C(=O)NCc2ccnc(OCC(F)(F)F)c2)cc1. The summed E-state index contributed by atoms with van der Waals surface area (Å²) in [5, 5.41) is 2.64. The van der Waals surface area contributed by atoms with Crippen molar-refractivity contribution < 1.29 is 22.7 Å². The van der Waals surface area contributed by atoms with E-state index in [-0.39, 0.29) is 12.4 Å². The number of ether oxygens (including phenoxy) is 1. The molecule has 1 aromatic heterocycles. The number of rotatable bonds is 6. The number of nitrogens with zero attached hydrogens (tertiary/aromatic N) is 1. The smallest absolute Gasteiger partial charge is 0.422 e. The minimum Gasteiger partial charge on any atom is -0.468 e. The Morgan fingerprint density at radius 3 is 2.60 bits per heavy atom. The van der Waals surface area contributed by atoms with E-state index < -0.39 is 24.7 Å². The van der Waals surface area contributed by atoms with Crippen molar-refractivity contribution >= 4 is 5.91 Å². The van der Waals surface area contributed by atoms with Crippen molar-refractivity contribution in [1.82, 2.24) is 10.3 Å². The zero-order valence-corrected chi connectivity index (χ0v) is 13.5. The zero-order valence-electron chi connectivity index (χ0n) is 13.5. The molecule has 0 saturated heterocycles. The largest absolute Gasteiger partial charge is 0.468 e. The summed E-state index contributed by atoms with van der Waals surface area (Å²) in [5.74, 6) is -0.551. The van der Waals surface area contributed by atoms with Gasteiger partial charge in [0.15, 0.2) is 6.61 Å². The lowest BCUT2D eigenvalue weighted by atomic mass is 10.1. The second-order valence-corrected chi connectivity index (χ2v) is 5.51. The highest BCUT2D eigenvalue weighted by molar-refractivity contribution is 5.82. The highest BCUT2D eigenvalue weighted by Crippen LogP contribution is 2.18. The van der Waals surface area contributed by atoms with Gasteiger partial charge >= 0.3 is 6.18 Å². The number of halogens is 3. The molecule has 0 fully saturated rings. The van der Waals surface area contributed by atoms with Crippen LogP contribution in [0.3, 0.4) is 0 Å². The Morgan fingerprint density at radius 2 is 1.96 bits per heavy atom. The summed E-state index contributed by atoms with van der Waals surface area (Å²) in [6.07, 6.45) is -3.13. The molecule has 2 aromatic rings. The molecule has 25 heavy (non-hydrogen) atoms. The number of alkyl halides is 3. The molecule has 1 aromatic carbocycles. The molecule has 0 aliphatic heterocycles. The predicted octanol–water partition coefficient (Wildman–Crippen LogP) is 2.65. The molecular weight excluding hydrogens is 335 g/mol. The van der Waals surface area contributed by atoms with Gasteiger partial charge < -0.3 is 15.8 Å². The Morgan fingerprint density at radius 1 is 1.28 bits per heavy atom. The highest BCUT2D eigenvalue weighted by Gasteiger charge is 2.28. The molecule has 0 spiro atoms. The van der Waals surface area contributed by atoms with Gasteiger partial charge in [0.25, 0.3) is 0 Å². The molecule has 5 nitrogen and oxygen atoms in total. The Labute approximate surface area is 143 Å². The maximum atomic E-state index is 12.1. The van der Waals surface area contributed by atoms with Crippen molar-refractivity contribution in [2.45, 2.75) is 25.7 Å². The van der Waals surface area contributed by atoms with Crippen LogP contribution < -0.4 is 15.8 Å². The Hall–Kier alpha value is -2.61. The average Bonchev–Trinajstić information content (AvgIpc) is 2.58. The molecule has 2 rings (SSSR count). The van der Waals surface area contributed by atoms with E-state index in [2.05, 4.69) is 15.0 Å². The molecule has 0 radical (unpaired) electrons. The molecule has 1 heterocycles. The maximum absolute atomic E-state index is 12.1. The molecule has 134 valence electrons. The minimum absolute atomic E-state index is 0.100. The van der Waals surface area contributed by atoms with Crippen LogP contribution in [-0.4, -0.2) is 23.7 Å². The van der Waals surface area contributed by atoms with Crippen molar-refractivity contribution in [3.63, 3.8) is 0 Å². The van der Waals surface area contributed by atoms with Crippen LogP contribution in [0.25, 0.3) is 0 Å². The lowest BCUT2D eigenvalue weighted by Gasteiger charge is -2.13. The summed E-state index contributed by atoms with van der Waals surface area (Å²) in [6.45, 7) is 0.606. The molecule has 0 bridgehead atoms. The van der Waals surface area contributed by atoms with Crippen molar-refractivity contribution in [2.75, 3.05) is 6.61 Å². The van der Waals surface area contributed by atoms with Gasteiger partial charge in [-0.25, -0.2) is 4.98 Å². The lowest BCUT2D eigenvalue weighted by Crippen LogP contribution is -2.33. The monoisotopic (exact) mass is 353 g/mol. The van der Waals surface area contributed by atoms with Gasteiger partial charge in [-0.05, 0) is 24.1 Å². The number of aryl methyl sites for hydroxylation is 1. The van der Waals surface area contributed by atoms with Crippen molar-refractivity contribution in [3.8, 4) is 5.88 Å². The first-order valence-electron chi connectivity index (χ1n) is 7.49. The first-order chi connectivity index (χ1) is 11.7. The van der Waals surface area contributed by atoms with E-state index in [0.717, 1.165) is 5.56 Å². The molecule has 1 unspecified atom stereocenters. The third kappa shape index (κ3) is 6.07. The summed E-state index contributed by atoms with van der Waals surface area (Å²) >= 11 is 0. The number of hydrogen-bond acceptors (Lipinski definition) is 4. The highest BCUT2D eigenvalue weighted by atomic mass is 19.4. The zero-order chi connectivity index (χ0) is 18.4. The van der Waals surface area contributed by atoms with Gasteiger partial charge in [-0.2, -0.15) is 13.2 Å². The summed E-state index contributed by atoms with van der Waals surface area (Å²) in [7, 11) is 0. The van der Waals surface area contributed by atoms with Crippen LogP contribution >= 0.6 is 0 Å². The third-order valence-electron chi connectivity index (χ3n) is 3.37. The molecule has 1 atom stereocenters. The van der Waals surface area contributed by atoms with Crippen molar-refractivity contribution in [2.24, 2.45) is 5.73 Å². The number of carbonyl (C=O) groups is 1. The quantitative estimate of drug-likeness (QED) is 0.837. The summed E-state index contributed by atoms with van der Waals surface area (Å²) in [4.78, 5) is 15.8. The summed E-state index contributed by atoms with van der Waals surface area (Å²) in [5.41, 5.74) is 8.18. The average molecular weight is 353 g/mol. The van der Waals surface area contributed by atoms with E-state index in [0.29, 0.717) is 11.1 Å². The molecule has 8 heteroatoms. The van der Waals surface area contributed by atoms with Gasteiger partial charge in [0.05, 0.1) is 0 Å². The number of pyridine rings is 1. The number of aromatic nitrogens is 1. The van der Waals surface area contributed by atoms with E-state index in [9.17, 15) is 18.0 Å². The Balaban J connectivity index is 1.92. The molecule has 0 saturated carbocycles. The van der Waals surface area contributed by atoms with Gasteiger partial charge in [-0.15, -0.1) is 0 Å². The van der Waals surface area contributed by atoms with Gasteiger partial charge in [0.2, 0.25) is 11.8 Å². The van der Waals surface area contributed by atoms with Gasteiger partial charge in [0, 0.05) is 18.8 Å². The van der Waals surface area contributed by atoms with E-state index in [1.54, 1.807) is 18.2 Å². The maximum Gasteiger partial charge on any atom is 0.422 e. The molecule has 3 N–H and O–H groups in total. The van der Waals surface area contributed by atoms with E-state index in [1.807, 2.05) is 19.1 Å². The van der Waals surface area contributed by atoms with Gasteiger partial charge in [0.1, 0.15) is 6.04 Å². The van der Waals surface area contributed by atoms with Crippen LogP contribution in [0.4, 0.5) is 13.2 Å². The fourth-order valence-electron chi connectivity index (χ4n) is 2.02. The fourth-order valence-corrected chi connectivity index (χ4v) is 2.02. The first kappa shape index (κ1) is 18.7. The molecule has 0 aliphatic rings. The number of nitrogens with two attached hydrogens (primary N) is 1. The van der Waals surface area contributed by atoms with Gasteiger partial charge in [-0.3, -0.25) is 4.79 Å². The first-order valence-corrected chi connectivity index (χ1v) is 7.49.